The topological polar surface area (TPSA) is 118 Å². The average Bonchev–Trinajstić information content (AvgIpc) is 2.82. The minimum absolute atomic E-state index is 0.0277. The van der Waals surface area contributed by atoms with E-state index >= 15 is 0 Å². The number of aliphatic hydroxyl groups is 4. The van der Waals surface area contributed by atoms with Crippen molar-refractivity contribution in [3.05, 3.63) is 11.6 Å². The Labute approximate surface area is 216 Å². The van der Waals surface area contributed by atoms with Crippen LogP contribution in [0.2, 0.25) is 0 Å². The first-order chi connectivity index (χ1) is 16.7. The summed E-state index contributed by atoms with van der Waals surface area (Å²) in [4.78, 5) is 12.8. The summed E-state index contributed by atoms with van der Waals surface area (Å²) in [5.74, 6) is -0.796. The summed E-state index contributed by atoms with van der Waals surface area (Å²) < 4.78 is 0. The third-order valence-corrected chi connectivity index (χ3v) is 13.7. The van der Waals surface area contributed by atoms with Crippen LogP contribution in [0, 0.1) is 50.7 Å². The fourth-order valence-electron chi connectivity index (χ4n) is 11.0. The zero-order valence-electron chi connectivity index (χ0n) is 22.9. The van der Waals surface area contributed by atoms with Crippen LogP contribution < -0.4 is 0 Å². The Bertz CT molecular complexity index is 953. The molecular weight excluding hydrogens is 456 g/mol. The molecule has 36 heavy (non-hydrogen) atoms. The maximum Gasteiger partial charge on any atom is 0.310 e. The minimum Gasteiger partial charge on any atom is -0.481 e. The van der Waals surface area contributed by atoms with Crippen molar-refractivity contribution in [2.45, 2.75) is 104 Å². The van der Waals surface area contributed by atoms with Gasteiger partial charge in [0.05, 0.1) is 30.3 Å². The monoisotopic (exact) mass is 504 g/mol. The highest BCUT2D eigenvalue weighted by atomic mass is 16.4. The van der Waals surface area contributed by atoms with Gasteiger partial charge in [0, 0.05) is 11.3 Å². The van der Waals surface area contributed by atoms with Crippen LogP contribution in [0.15, 0.2) is 11.6 Å². The molecule has 0 aromatic heterocycles. The molecular formula is C30H48O6. The number of aliphatic hydroxyl groups excluding tert-OH is 3. The van der Waals surface area contributed by atoms with Gasteiger partial charge in [-0.05, 0) is 98.7 Å². The van der Waals surface area contributed by atoms with Crippen LogP contribution in [0.3, 0.4) is 0 Å². The van der Waals surface area contributed by atoms with Crippen LogP contribution in [0.25, 0.3) is 0 Å². The van der Waals surface area contributed by atoms with Gasteiger partial charge in [-0.3, -0.25) is 4.79 Å². The zero-order chi connectivity index (χ0) is 26.5. The van der Waals surface area contributed by atoms with E-state index < -0.39 is 34.4 Å². The average molecular weight is 505 g/mol. The van der Waals surface area contributed by atoms with Gasteiger partial charge in [-0.25, -0.2) is 0 Å². The van der Waals surface area contributed by atoms with Crippen molar-refractivity contribution < 1.29 is 30.3 Å². The predicted octanol–water partition coefficient (Wildman–Crippen LogP) is 4.15. The lowest BCUT2D eigenvalue weighted by molar-refractivity contribution is -0.235. The summed E-state index contributed by atoms with van der Waals surface area (Å²) in [5.41, 5.74) is -2.18. The van der Waals surface area contributed by atoms with Crippen LogP contribution >= 0.6 is 0 Å². The van der Waals surface area contributed by atoms with Gasteiger partial charge in [-0.15, -0.1) is 0 Å². The van der Waals surface area contributed by atoms with E-state index in [2.05, 4.69) is 33.8 Å². The molecule has 0 aliphatic heterocycles. The molecule has 5 rings (SSSR count). The molecule has 0 amide bonds. The van der Waals surface area contributed by atoms with Gasteiger partial charge in [-0.1, -0.05) is 39.3 Å². The first kappa shape index (κ1) is 26.6. The molecule has 5 N–H and O–H groups in total. The number of carboxylic acid groups (broad SMARTS) is 1. The molecule has 0 heterocycles. The molecule has 0 aromatic rings. The molecule has 0 radical (unpaired) electrons. The highest BCUT2D eigenvalue weighted by Gasteiger charge is 2.72. The Morgan fingerprint density at radius 1 is 0.944 bits per heavy atom. The van der Waals surface area contributed by atoms with Crippen molar-refractivity contribution >= 4 is 5.97 Å². The van der Waals surface area contributed by atoms with E-state index in [4.69, 9.17) is 0 Å². The van der Waals surface area contributed by atoms with Crippen LogP contribution in [0.1, 0.15) is 92.4 Å². The number of carboxylic acids is 1. The Morgan fingerprint density at radius 2 is 1.61 bits per heavy atom. The van der Waals surface area contributed by atoms with Gasteiger partial charge in [0.25, 0.3) is 0 Å². The van der Waals surface area contributed by atoms with Crippen molar-refractivity contribution in [1.82, 2.24) is 0 Å². The molecule has 0 bridgehead atoms. The molecule has 4 fully saturated rings. The maximum absolute atomic E-state index is 12.8. The van der Waals surface area contributed by atoms with Crippen molar-refractivity contribution in [3.8, 4) is 0 Å². The van der Waals surface area contributed by atoms with Gasteiger partial charge >= 0.3 is 5.97 Å². The van der Waals surface area contributed by atoms with Gasteiger partial charge in [-0.2, -0.15) is 0 Å². The van der Waals surface area contributed by atoms with Crippen LogP contribution in [-0.2, 0) is 4.79 Å². The van der Waals surface area contributed by atoms with Crippen LogP contribution in [0.4, 0.5) is 0 Å². The normalized spacial score (nSPS) is 53.8. The number of aliphatic carboxylic acids is 1. The third-order valence-electron chi connectivity index (χ3n) is 13.7. The predicted molar refractivity (Wildman–Crippen MR) is 137 cm³/mol. The molecule has 0 aromatic carbocycles. The molecule has 5 aliphatic carbocycles. The van der Waals surface area contributed by atoms with Crippen molar-refractivity contribution in [2.24, 2.45) is 50.7 Å². The summed E-state index contributed by atoms with van der Waals surface area (Å²) in [5, 5.41) is 54.3. The fourth-order valence-corrected chi connectivity index (χ4v) is 11.0. The Balaban J connectivity index is 1.64. The van der Waals surface area contributed by atoms with E-state index in [0.717, 1.165) is 38.5 Å². The highest BCUT2D eigenvalue weighted by Crippen LogP contribution is 2.76. The lowest BCUT2D eigenvalue weighted by atomic mass is 9.33. The zero-order valence-corrected chi connectivity index (χ0v) is 22.9. The number of hydrogen-bond donors (Lipinski definition) is 5. The Kier molecular flexibility index (Phi) is 5.95. The highest BCUT2D eigenvalue weighted by molar-refractivity contribution is 5.77. The Hall–Kier alpha value is -0.950. The van der Waals surface area contributed by atoms with Crippen molar-refractivity contribution in [3.63, 3.8) is 0 Å². The molecule has 0 unspecified atom stereocenters. The molecule has 204 valence electrons. The molecule has 0 spiro atoms. The first-order valence-electron chi connectivity index (χ1n) is 14.3. The second-order valence-electron chi connectivity index (χ2n) is 14.5. The van der Waals surface area contributed by atoms with Gasteiger partial charge < -0.3 is 25.5 Å². The lowest BCUT2D eigenvalue weighted by Crippen LogP contribution is -2.68. The van der Waals surface area contributed by atoms with Crippen molar-refractivity contribution in [1.29, 1.82) is 0 Å². The van der Waals surface area contributed by atoms with E-state index in [0.29, 0.717) is 25.2 Å². The van der Waals surface area contributed by atoms with E-state index in [9.17, 15) is 30.3 Å². The standard InChI is InChI=1S/C30H48O6/c1-18-8-13-29(24(34)35)15-14-26(3)19(23(29)28(18,5)36)6-7-20-25(2)11-10-22(33)30(16-31,17-32)21(25)9-12-27(20,26)4/h6,18,20-23,31-33,36H,7-17H2,1-5H3,(H,34,35)/t18-,20-,21-,22-,23-,25-,26-,27-,28-,29+/m1/s1. The van der Waals surface area contributed by atoms with Gasteiger partial charge in [0.1, 0.15) is 0 Å². The van der Waals surface area contributed by atoms with E-state index in [-0.39, 0.29) is 41.3 Å². The van der Waals surface area contributed by atoms with E-state index in [1.807, 2.05) is 6.92 Å². The number of rotatable bonds is 3. The minimum atomic E-state index is -1.08. The first-order valence-corrected chi connectivity index (χ1v) is 14.3. The van der Waals surface area contributed by atoms with Crippen LogP contribution in [0.5, 0.6) is 0 Å². The molecule has 6 heteroatoms. The van der Waals surface area contributed by atoms with Gasteiger partial charge in [0.2, 0.25) is 0 Å². The summed E-state index contributed by atoms with van der Waals surface area (Å²) >= 11 is 0. The number of carbonyl (C=O) groups is 1. The summed E-state index contributed by atoms with van der Waals surface area (Å²) in [7, 11) is 0. The summed E-state index contributed by atoms with van der Waals surface area (Å²) in [6, 6.07) is 0. The number of allylic oxidation sites excluding steroid dienone is 1. The van der Waals surface area contributed by atoms with Crippen molar-refractivity contribution in [2.75, 3.05) is 13.2 Å². The maximum atomic E-state index is 12.8. The number of fused-ring (bicyclic) bond motifs is 7. The van der Waals surface area contributed by atoms with E-state index in [1.165, 1.54) is 5.57 Å². The summed E-state index contributed by atoms with van der Waals surface area (Å²) in [6.45, 7) is 10.6. The molecule has 4 saturated carbocycles. The molecule has 0 saturated heterocycles. The smallest absolute Gasteiger partial charge is 0.310 e. The quantitative estimate of drug-likeness (QED) is 0.369. The molecule has 5 aliphatic rings. The Morgan fingerprint density at radius 3 is 2.22 bits per heavy atom. The number of hydrogen-bond acceptors (Lipinski definition) is 5. The van der Waals surface area contributed by atoms with Gasteiger partial charge in [0.15, 0.2) is 0 Å². The lowest BCUT2D eigenvalue weighted by Gasteiger charge is -2.72. The SMILES string of the molecule is C[C@@H]1CC[C@]2(C(=O)O)CC[C@]3(C)C(=CC[C@@H]4[C@@]5(C)CC[C@@H](O)C(CO)(CO)[C@@H]5CC[C@]43C)[C@@H]2[C@]1(C)O. The molecule has 6 nitrogen and oxygen atoms in total. The molecule has 10 atom stereocenters. The summed E-state index contributed by atoms with van der Waals surface area (Å²) in [6.07, 6.45) is 8.31. The van der Waals surface area contributed by atoms with E-state index in [1.54, 1.807) is 0 Å². The fraction of sp³-hybridized carbons (Fsp3) is 0.900. The largest absolute Gasteiger partial charge is 0.481 e. The second-order valence-corrected chi connectivity index (χ2v) is 14.5. The second kappa shape index (κ2) is 8.03. The third kappa shape index (κ3) is 2.91. The van der Waals surface area contributed by atoms with Crippen LogP contribution in [-0.4, -0.2) is 56.4 Å².